The van der Waals surface area contributed by atoms with Crippen LogP contribution in [0.5, 0.6) is 0 Å². The number of carbonyl (C=O) groups excluding carboxylic acids is 1. The molecule has 156 valence electrons. The zero-order valence-electron chi connectivity index (χ0n) is 17.4. The van der Waals surface area contributed by atoms with Crippen LogP contribution in [0.4, 0.5) is 5.69 Å². The van der Waals surface area contributed by atoms with Crippen molar-refractivity contribution in [3.05, 3.63) is 54.1 Å². The molecule has 2 aromatic rings. The summed E-state index contributed by atoms with van der Waals surface area (Å²) in [6, 6.07) is 19.5. The van der Waals surface area contributed by atoms with Crippen molar-refractivity contribution in [3.8, 4) is 17.2 Å². The van der Waals surface area contributed by atoms with Crippen LogP contribution in [-0.2, 0) is 4.79 Å². The van der Waals surface area contributed by atoms with Crippen LogP contribution >= 0.6 is 0 Å². The third kappa shape index (κ3) is 4.66. The smallest absolute Gasteiger partial charge is 0.224 e. The summed E-state index contributed by atoms with van der Waals surface area (Å²) in [4.78, 5) is 15.0. The number of piperazine rings is 1. The summed E-state index contributed by atoms with van der Waals surface area (Å²) in [7, 11) is 0. The fourth-order valence-corrected chi connectivity index (χ4v) is 4.84. The molecule has 2 aliphatic rings. The van der Waals surface area contributed by atoms with Gasteiger partial charge >= 0.3 is 0 Å². The first-order chi connectivity index (χ1) is 14.8. The molecule has 0 aromatic heterocycles. The Hall–Kier alpha value is -2.84. The van der Waals surface area contributed by atoms with Gasteiger partial charge in [0.05, 0.1) is 6.07 Å². The number of benzene rings is 2. The van der Waals surface area contributed by atoms with Gasteiger partial charge in [-0.1, -0.05) is 49.2 Å². The van der Waals surface area contributed by atoms with Gasteiger partial charge in [-0.2, -0.15) is 5.26 Å². The molecule has 5 heteroatoms. The molecule has 2 aromatic carbocycles. The second-order valence-electron chi connectivity index (χ2n) is 8.28. The molecule has 1 aliphatic heterocycles. The molecule has 30 heavy (non-hydrogen) atoms. The molecular weight excluding hydrogens is 372 g/mol. The molecule has 2 atom stereocenters. The maximum absolute atomic E-state index is 12.6. The highest BCUT2D eigenvalue weighted by Crippen LogP contribution is 2.39. The lowest BCUT2D eigenvalue weighted by molar-refractivity contribution is -0.126. The van der Waals surface area contributed by atoms with Crippen molar-refractivity contribution in [2.45, 2.75) is 31.6 Å². The van der Waals surface area contributed by atoms with Gasteiger partial charge in [-0.25, -0.2) is 0 Å². The van der Waals surface area contributed by atoms with E-state index in [0.29, 0.717) is 0 Å². The first kappa shape index (κ1) is 20.4. The van der Waals surface area contributed by atoms with Crippen LogP contribution < -0.4 is 15.5 Å². The first-order valence-corrected chi connectivity index (χ1v) is 11.1. The molecule has 5 nitrogen and oxygen atoms in total. The number of amides is 1. The van der Waals surface area contributed by atoms with E-state index in [-0.39, 0.29) is 24.3 Å². The molecule has 1 heterocycles. The van der Waals surface area contributed by atoms with E-state index in [1.165, 1.54) is 22.4 Å². The summed E-state index contributed by atoms with van der Waals surface area (Å²) in [6.07, 6.45) is 4.15. The molecule has 1 saturated heterocycles. The minimum Gasteiger partial charge on any atom is -0.369 e. The molecule has 2 N–H and O–H groups in total. The Morgan fingerprint density at radius 1 is 1.07 bits per heavy atom. The lowest BCUT2D eigenvalue weighted by atomic mass is 9.74. The summed E-state index contributed by atoms with van der Waals surface area (Å²) in [5.74, 6) is 0.196. The summed E-state index contributed by atoms with van der Waals surface area (Å²) < 4.78 is 0. The Kier molecular flexibility index (Phi) is 6.66. The fourth-order valence-electron chi connectivity index (χ4n) is 4.84. The van der Waals surface area contributed by atoms with Crippen molar-refractivity contribution < 1.29 is 4.79 Å². The molecule has 1 saturated carbocycles. The highest BCUT2D eigenvalue weighted by atomic mass is 16.1. The Morgan fingerprint density at radius 2 is 1.83 bits per heavy atom. The first-order valence-electron chi connectivity index (χ1n) is 11.1. The number of hydrogen-bond acceptors (Lipinski definition) is 4. The Balaban J connectivity index is 1.53. The van der Waals surface area contributed by atoms with Crippen LogP contribution in [-0.4, -0.2) is 38.6 Å². The van der Waals surface area contributed by atoms with Gasteiger partial charge < -0.3 is 15.5 Å². The minimum absolute atomic E-state index is 0.0204. The average Bonchev–Trinajstić information content (AvgIpc) is 2.83. The number of anilines is 1. The number of carbonyl (C=O) groups is 1. The van der Waals surface area contributed by atoms with E-state index in [1.54, 1.807) is 0 Å². The molecule has 1 amide bonds. The number of nitrogens with one attached hydrogen (secondary N) is 2. The standard InChI is InChI=1S/C25H30N4O/c26-12-13-28-25(30)24-7-2-1-6-23(24)21-5-3-4-20(18-21)19-8-10-22(11-9-19)29-16-14-27-15-17-29/h3-5,8-11,18,23-24,27H,1-2,6-7,13-17H2,(H,28,30). The molecule has 2 fully saturated rings. The molecule has 0 bridgehead atoms. The highest BCUT2D eigenvalue weighted by Gasteiger charge is 2.31. The van der Waals surface area contributed by atoms with Gasteiger partial charge in [-0.3, -0.25) is 4.79 Å². The van der Waals surface area contributed by atoms with E-state index in [4.69, 9.17) is 5.26 Å². The predicted molar refractivity (Wildman–Crippen MR) is 120 cm³/mol. The maximum atomic E-state index is 12.6. The average molecular weight is 403 g/mol. The normalized spacial score (nSPS) is 21.6. The van der Waals surface area contributed by atoms with Crippen LogP contribution in [0.15, 0.2) is 48.5 Å². The van der Waals surface area contributed by atoms with Gasteiger partial charge in [0, 0.05) is 37.8 Å². The topological polar surface area (TPSA) is 68.2 Å². The largest absolute Gasteiger partial charge is 0.369 e. The molecule has 2 unspecified atom stereocenters. The van der Waals surface area contributed by atoms with Crippen molar-refractivity contribution in [3.63, 3.8) is 0 Å². The van der Waals surface area contributed by atoms with Gasteiger partial charge in [-0.05, 0) is 47.6 Å². The van der Waals surface area contributed by atoms with Crippen molar-refractivity contribution in [2.75, 3.05) is 37.6 Å². The lowest BCUT2D eigenvalue weighted by Gasteiger charge is -2.31. The maximum Gasteiger partial charge on any atom is 0.224 e. The Labute approximate surface area is 179 Å². The lowest BCUT2D eigenvalue weighted by Crippen LogP contribution is -2.43. The van der Waals surface area contributed by atoms with Gasteiger partial charge in [-0.15, -0.1) is 0 Å². The van der Waals surface area contributed by atoms with E-state index >= 15 is 0 Å². The van der Waals surface area contributed by atoms with Crippen molar-refractivity contribution in [1.82, 2.24) is 10.6 Å². The van der Waals surface area contributed by atoms with Crippen LogP contribution in [0.25, 0.3) is 11.1 Å². The van der Waals surface area contributed by atoms with Crippen LogP contribution in [0.2, 0.25) is 0 Å². The number of rotatable bonds is 5. The van der Waals surface area contributed by atoms with E-state index in [1.807, 2.05) is 6.07 Å². The monoisotopic (exact) mass is 402 g/mol. The number of nitrogens with zero attached hydrogens (tertiary/aromatic N) is 2. The molecule has 0 spiro atoms. The fraction of sp³-hybridized carbons (Fsp3) is 0.440. The zero-order valence-corrected chi connectivity index (χ0v) is 17.4. The summed E-state index contributed by atoms with van der Waals surface area (Å²) >= 11 is 0. The van der Waals surface area contributed by atoms with E-state index in [2.05, 4.69) is 64.1 Å². The highest BCUT2D eigenvalue weighted by molar-refractivity contribution is 5.80. The van der Waals surface area contributed by atoms with Crippen molar-refractivity contribution in [2.24, 2.45) is 5.92 Å². The third-order valence-electron chi connectivity index (χ3n) is 6.44. The third-order valence-corrected chi connectivity index (χ3v) is 6.44. The molecule has 4 rings (SSSR count). The molecule has 0 radical (unpaired) electrons. The molecule has 1 aliphatic carbocycles. The van der Waals surface area contributed by atoms with Gasteiger partial charge in [0.15, 0.2) is 0 Å². The predicted octanol–water partition coefficient (Wildman–Crippen LogP) is 3.68. The van der Waals surface area contributed by atoms with Gasteiger partial charge in [0.1, 0.15) is 6.54 Å². The number of nitriles is 1. The SMILES string of the molecule is N#CCNC(=O)C1CCCCC1c1cccc(-c2ccc(N3CCNCC3)cc2)c1. The summed E-state index contributed by atoms with van der Waals surface area (Å²) in [5, 5.41) is 15.0. The minimum atomic E-state index is -0.0440. The Morgan fingerprint density at radius 3 is 2.60 bits per heavy atom. The van der Waals surface area contributed by atoms with Crippen LogP contribution in [0.1, 0.15) is 37.2 Å². The van der Waals surface area contributed by atoms with E-state index < -0.39 is 0 Å². The van der Waals surface area contributed by atoms with Gasteiger partial charge in [0.2, 0.25) is 5.91 Å². The zero-order chi connectivity index (χ0) is 20.8. The quantitative estimate of drug-likeness (QED) is 0.749. The summed E-state index contributed by atoms with van der Waals surface area (Å²) in [5.41, 5.74) is 4.91. The second-order valence-corrected chi connectivity index (χ2v) is 8.28. The van der Waals surface area contributed by atoms with E-state index in [0.717, 1.165) is 51.9 Å². The summed E-state index contributed by atoms with van der Waals surface area (Å²) in [6.45, 7) is 4.25. The van der Waals surface area contributed by atoms with Crippen LogP contribution in [0.3, 0.4) is 0 Å². The van der Waals surface area contributed by atoms with Crippen molar-refractivity contribution >= 4 is 11.6 Å². The van der Waals surface area contributed by atoms with E-state index in [9.17, 15) is 4.79 Å². The van der Waals surface area contributed by atoms with Gasteiger partial charge in [0.25, 0.3) is 0 Å². The Bertz CT molecular complexity index is 896. The second kappa shape index (κ2) is 9.77. The molecular formula is C25H30N4O. The van der Waals surface area contributed by atoms with Crippen molar-refractivity contribution in [1.29, 1.82) is 5.26 Å². The number of hydrogen-bond donors (Lipinski definition) is 2. The van der Waals surface area contributed by atoms with Crippen LogP contribution in [0, 0.1) is 17.2 Å².